The van der Waals surface area contributed by atoms with Crippen LogP contribution in [0.4, 0.5) is 0 Å². The minimum Gasteiger partial charge on any atom is -0.329 e. The molecule has 0 aliphatic heterocycles. The molecule has 1 atom stereocenters. The van der Waals surface area contributed by atoms with Gasteiger partial charge in [0.25, 0.3) is 0 Å². The summed E-state index contributed by atoms with van der Waals surface area (Å²) in [7, 11) is 2.24. The predicted molar refractivity (Wildman–Crippen MR) is 66.9 cm³/mol. The van der Waals surface area contributed by atoms with Crippen LogP contribution in [0.3, 0.4) is 0 Å². The van der Waals surface area contributed by atoms with Crippen LogP contribution in [-0.4, -0.2) is 30.6 Å². The molecule has 0 bridgehead atoms. The standard InChI is InChI=1S/C13H28N2/c1-11(2)8-15(5)13(10-14)7-6-12(3,4)9-13/h11H,6-10,14H2,1-5H3. The van der Waals surface area contributed by atoms with Crippen molar-refractivity contribution in [3.05, 3.63) is 0 Å². The molecule has 0 heterocycles. The molecule has 1 aliphatic rings. The highest BCUT2D eigenvalue weighted by Crippen LogP contribution is 2.45. The van der Waals surface area contributed by atoms with Gasteiger partial charge < -0.3 is 5.73 Å². The third-order valence-electron chi connectivity index (χ3n) is 3.90. The molecular weight excluding hydrogens is 184 g/mol. The Balaban J connectivity index is 2.70. The van der Waals surface area contributed by atoms with Crippen LogP contribution < -0.4 is 5.73 Å². The van der Waals surface area contributed by atoms with Crippen LogP contribution in [0.1, 0.15) is 47.0 Å². The number of likely N-dealkylation sites (N-methyl/N-ethyl adjacent to an activating group) is 1. The molecule has 2 heteroatoms. The summed E-state index contributed by atoms with van der Waals surface area (Å²) >= 11 is 0. The van der Waals surface area contributed by atoms with Gasteiger partial charge in [-0.15, -0.1) is 0 Å². The summed E-state index contributed by atoms with van der Waals surface area (Å²) in [6, 6.07) is 0. The van der Waals surface area contributed by atoms with Crippen molar-refractivity contribution in [2.75, 3.05) is 20.1 Å². The molecule has 2 N–H and O–H groups in total. The van der Waals surface area contributed by atoms with Crippen molar-refractivity contribution in [1.82, 2.24) is 4.90 Å². The number of nitrogens with two attached hydrogens (primary N) is 1. The van der Waals surface area contributed by atoms with Gasteiger partial charge in [-0.05, 0) is 37.6 Å². The van der Waals surface area contributed by atoms with E-state index in [0.717, 1.165) is 19.0 Å². The fraction of sp³-hybridized carbons (Fsp3) is 1.00. The fourth-order valence-electron chi connectivity index (χ4n) is 3.04. The third-order valence-corrected chi connectivity index (χ3v) is 3.90. The van der Waals surface area contributed by atoms with Crippen LogP contribution in [0.15, 0.2) is 0 Å². The molecule has 0 spiro atoms. The van der Waals surface area contributed by atoms with E-state index in [0.29, 0.717) is 5.41 Å². The SMILES string of the molecule is CC(C)CN(C)C1(CN)CCC(C)(C)C1. The second-order valence-electron chi connectivity index (χ2n) is 6.54. The summed E-state index contributed by atoms with van der Waals surface area (Å²) in [6.07, 6.45) is 3.83. The average molecular weight is 212 g/mol. The highest BCUT2D eigenvalue weighted by atomic mass is 15.2. The molecule has 1 unspecified atom stereocenters. The van der Waals surface area contributed by atoms with Crippen molar-refractivity contribution < 1.29 is 0 Å². The maximum atomic E-state index is 6.02. The van der Waals surface area contributed by atoms with E-state index in [4.69, 9.17) is 5.73 Å². The van der Waals surface area contributed by atoms with Gasteiger partial charge in [0.1, 0.15) is 0 Å². The van der Waals surface area contributed by atoms with Crippen LogP contribution in [-0.2, 0) is 0 Å². The zero-order valence-electron chi connectivity index (χ0n) is 11.1. The maximum Gasteiger partial charge on any atom is 0.0334 e. The van der Waals surface area contributed by atoms with E-state index in [1.807, 2.05) is 0 Å². The molecule has 0 amide bonds. The van der Waals surface area contributed by atoms with Gasteiger partial charge in [0.05, 0.1) is 0 Å². The van der Waals surface area contributed by atoms with E-state index in [1.54, 1.807) is 0 Å². The minimum atomic E-state index is 0.272. The van der Waals surface area contributed by atoms with Crippen molar-refractivity contribution >= 4 is 0 Å². The van der Waals surface area contributed by atoms with Gasteiger partial charge >= 0.3 is 0 Å². The number of hydrogen-bond acceptors (Lipinski definition) is 2. The first-order valence-corrected chi connectivity index (χ1v) is 6.23. The average Bonchev–Trinajstić information content (AvgIpc) is 2.42. The predicted octanol–water partition coefficient (Wildman–Crippen LogP) is 2.48. The lowest BCUT2D eigenvalue weighted by atomic mass is 9.86. The van der Waals surface area contributed by atoms with Gasteiger partial charge in [0, 0.05) is 18.6 Å². The Bertz CT molecular complexity index is 211. The maximum absolute atomic E-state index is 6.02. The Kier molecular flexibility index (Phi) is 3.83. The summed E-state index contributed by atoms with van der Waals surface area (Å²) in [4.78, 5) is 2.51. The van der Waals surface area contributed by atoms with Crippen molar-refractivity contribution in [3.8, 4) is 0 Å². The van der Waals surface area contributed by atoms with E-state index in [2.05, 4.69) is 39.6 Å². The first-order chi connectivity index (χ1) is 6.81. The molecule has 0 saturated heterocycles. The second kappa shape index (κ2) is 4.42. The third kappa shape index (κ3) is 2.94. The molecule has 1 saturated carbocycles. The molecule has 0 aromatic heterocycles. The molecule has 90 valence electrons. The van der Waals surface area contributed by atoms with Gasteiger partial charge in [0.2, 0.25) is 0 Å². The molecule has 1 rings (SSSR count). The largest absolute Gasteiger partial charge is 0.329 e. The molecule has 1 aliphatic carbocycles. The lowest BCUT2D eigenvalue weighted by Crippen LogP contribution is -2.51. The van der Waals surface area contributed by atoms with Crippen LogP contribution in [0.5, 0.6) is 0 Å². The fourth-order valence-corrected chi connectivity index (χ4v) is 3.04. The smallest absolute Gasteiger partial charge is 0.0334 e. The Hall–Kier alpha value is -0.0800. The van der Waals surface area contributed by atoms with Crippen LogP contribution >= 0.6 is 0 Å². The molecule has 1 fully saturated rings. The Morgan fingerprint density at radius 2 is 1.87 bits per heavy atom. The van der Waals surface area contributed by atoms with Gasteiger partial charge in [-0.1, -0.05) is 27.7 Å². The number of rotatable bonds is 4. The van der Waals surface area contributed by atoms with Gasteiger partial charge in [-0.2, -0.15) is 0 Å². The highest BCUT2D eigenvalue weighted by molar-refractivity contribution is 5.01. The van der Waals surface area contributed by atoms with Gasteiger partial charge in [0.15, 0.2) is 0 Å². The van der Waals surface area contributed by atoms with Gasteiger partial charge in [-0.25, -0.2) is 0 Å². The highest BCUT2D eigenvalue weighted by Gasteiger charge is 2.44. The topological polar surface area (TPSA) is 29.3 Å². The monoisotopic (exact) mass is 212 g/mol. The van der Waals surface area contributed by atoms with Crippen LogP contribution in [0, 0.1) is 11.3 Å². The van der Waals surface area contributed by atoms with Crippen molar-refractivity contribution in [3.63, 3.8) is 0 Å². The summed E-state index contributed by atoms with van der Waals surface area (Å²) in [5.74, 6) is 0.724. The number of hydrogen-bond donors (Lipinski definition) is 1. The summed E-state index contributed by atoms with van der Waals surface area (Å²) in [5.41, 5.74) is 6.77. The lowest BCUT2D eigenvalue weighted by Gasteiger charge is -2.40. The minimum absolute atomic E-state index is 0.272. The Morgan fingerprint density at radius 1 is 1.27 bits per heavy atom. The van der Waals surface area contributed by atoms with Crippen molar-refractivity contribution in [2.45, 2.75) is 52.5 Å². The first kappa shape index (κ1) is 13.0. The van der Waals surface area contributed by atoms with E-state index in [1.165, 1.54) is 19.3 Å². The molecule has 2 nitrogen and oxygen atoms in total. The van der Waals surface area contributed by atoms with E-state index < -0.39 is 0 Å². The second-order valence-corrected chi connectivity index (χ2v) is 6.54. The quantitative estimate of drug-likeness (QED) is 0.776. The van der Waals surface area contributed by atoms with Crippen molar-refractivity contribution in [1.29, 1.82) is 0 Å². The normalized spacial score (nSPS) is 30.4. The van der Waals surface area contributed by atoms with Crippen LogP contribution in [0.25, 0.3) is 0 Å². The Labute approximate surface area is 95.2 Å². The molecule has 0 aromatic rings. The van der Waals surface area contributed by atoms with E-state index >= 15 is 0 Å². The molecule has 0 radical (unpaired) electrons. The summed E-state index contributed by atoms with van der Waals surface area (Å²) in [5, 5.41) is 0. The van der Waals surface area contributed by atoms with Crippen LogP contribution in [0.2, 0.25) is 0 Å². The molecular formula is C13H28N2. The van der Waals surface area contributed by atoms with E-state index in [-0.39, 0.29) is 5.54 Å². The number of nitrogens with zero attached hydrogens (tertiary/aromatic N) is 1. The first-order valence-electron chi connectivity index (χ1n) is 6.23. The zero-order valence-corrected chi connectivity index (χ0v) is 11.1. The summed E-state index contributed by atoms with van der Waals surface area (Å²) in [6.45, 7) is 11.3. The van der Waals surface area contributed by atoms with E-state index in [9.17, 15) is 0 Å². The molecule has 0 aromatic carbocycles. The Morgan fingerprint density at radius 3 is 2.20 bits per heavy atom. The zero-order chi connectivity index (χ0) is 11.7. The summed E-state index contributed by atoms with van der Waals surface area (Å²) < 4.78 is 0. The van der Waals surface area contributed by atoms with Crippen molar-refractivity contribution in [2.24, 2.45) is 17.1 Å². The van der Waals surface area contributed by atoms with Gasteiger partial charge in [-0.3, -0.25) is 4.90 Å². The lowest BCUT2D eigenvalue weighted by molar-refractivity contribution is 0.105. The molecule has 15 heavy (non-hydrogen) atoms.